The van der Waals surface area contributed by atoms with Gasteiger partial charge >= 0.3 is 5.63 Å². The summed E-state index contributed by atoms with van der Waals surface area (Å²) in [6, 6.07) is 6.92. The summed E-state index contributed by atoms with van der Waals surface area (Å²) in [5.74, 6) is 0. The molecule has 0 aliphatic rings. The minimum Gasteiger partial charge on any atom is -0.422 e. The topological polar surface area (TPSA) is 70.8 Å². The van der Waals surface area contributed by atoms with Crippen molar-refractivity contribution in [3.8, 4) is 0 Å². The molecule has 0 saturated carbocycles. The predicted octanol–water partition coefficient (Wildman–Crippen LogP) is 1.42. The summed E-state index contributed by atoms with van der Waals surface area (Å²) in [4.78, 5) is 24.1. The largest absolute Gasteiger partial charge is 0.422 e. The summed E-state index contributed by atoms with van der Waals surface area (Å²) >= 11 is 0. The highest BCUT2D eigenvalue weighted by Crippen LogP contribution is 2.21. The maximum Gasteiger partial charge on any atom is 0.346 e. The van der Waals surface area contributed by atoms with Crippen molar-refractivity contribution in [2.45, 2.75) is 6.92 Å². The Morgan fingerprint density at radius 2 is 2.16 bits per heavy atom. The Morgan fingerprint density at radius 3 is 2.79 bits per heavy atom. The first-order valence-electron chi connectivity index (χ1n) is 6.08. The van der Waals surface area contributed by atoms with Gasteiger partial charge in [-0.1, -0.05) is 0 Å². The number of nitrogens with zero attached hydrogens (tertiary/aromatic N) is 1. The van der Waals surface area contributed by atoms with Gasteiger partial charge in [0.15, 0.2) is 6.29 Å². The second-order valence-corrected chi connectivity index (χ2v) is 4.13. The number of fused-ring (bicyclic) bond motifs is 1. The van der Waals surface area contributed by atoms with Crippen molar-refractivity contribution in [1.82, 2.24) is 0 Å². The lowest BCUT2D eigenvalue weighted by Crippen LogP contribution is -2.26. The third-order valence-corrected chi connectivity index (χ3v) is 2.99. The smallest absolute Gasteiger partial charge is 0.346 e. The number of aliphatic hydroxyl groups excluding tert-OH is 1. The Morgan fingerprint density at radius 1 is 1.37 bits per heavy atom. The fraction of sp³-hybridized carbons (Fsp3) is 0.286. The number of hydrogen-bond acceptors (Lipinski definition) is 5. The molecule has 1 N–H and O–H groups in total. The lowest BCUT2D eigenvalue weighted by atomic mass is 10.1. The van der Waals surface area contributed by atoms with E-state index in [1.165, 1.54) is 6.07 Å². The molecule has 0 spiro atoms. The van der Waals surface area contributed by atoms with Gasteiger partial charge in [0.1, 0.15) is 11.1 Å². The van der Waals surface area contributed by atoms with E-state index in [0.29, 0.717) is 23.8 Å². The molecule has 100 valence electrons. The minimum atomic E-state index is -0.634. The van der Waals surface area contributed by atoms with E-state index in [0.717, 1.165) is 12.2 Å². The standard InChI is InChI=1S/C14H15NO4/c1-2-15(5-6-16)12-4-3-10-7-11(9-17)14(18)19-13(10)8-12/h3-4,7-9,16H,2,5-6H2,1H3. The minimum absolute atomic E-state index is 0.0166. The summed E-state index contributed by atoms with van der Waals surface area (Å²) < 4.78 is 5.12. The van der Waals surface area contributed by atoms with Gasteiger partial charge in [0, 0.05) is 30.2 Å². The first-order chi connectivity index (χ1) is 9.19. The molecule has 5 nitrogen and oxygen atoms in total. The van der Waals surface area contributed by atoms with Crippen LogP contribution in [0.3, 0.4) is 0 Å². The van der Waals surface area contributed by atoms with Crippen LogP contribution in [-0.2, 0) is 0 Å². The van der Waals surface area contributed by atoms with Crippen LogP contribution in [0.25, 0.3) is 11.0 Å². The molecule has 0 bridgehead atoms. The van der Waals surface area contributed by atoms with Crippen LogP contribution in [-0.4, -0.2) is 31.1 Å². The third kappa shape index (κ3) is 2.66. The Kier molecular flexibility index (Phi) is 3.97. The van der Waals surface area contributed by atoms with Crippen molar-refractivity contribution in [3.05, 3.63) is 40.2 Å². The molecule has 0 radical (unpaired) electrons. The van der Waals surface area contributed by atoms with E-state index < -0.39 is 5.63 Å². The molecule has 0 saturated heterocycles. The van der Waals surface area contributed by atoms with Gasteiger partial charge in [-0.3, -0.25) is 4.79 Å². The fourth-order valence-corrected chi connectivity index (χ4v) is 1.99. The van der Waals surface area contributed by atoms with Gasteiger partial charge in [0.05, 0.1) is 6.61 Å². The molecule has 0 aliphatic carbocycles. The summed E-state index contributed by atoms with van der Waals surface area (Å²) in [5.41, 5.74) is 0.684. The molecule has 0 unspecified atom stereocenters. The van der Waals surface area contributed by atoms with Gasteiger partial charge in [-0.05, 0) is 25.1 Å². The first-order valence-corrected chi connectivity index (χ1v) is 6.08. The van der Waals surface area contributed by atoms with Gasteiger partial charge in [0.2, 0.25) is 0 Å². The second kappa shape index (κ2) is 5.67. The molecule has 5 heteroatoms. The molecule has 0 amide bonds. The van der Waals surface area contributed by atoms with Crippen LogP contribution < -0.4 is 10.5 Å². The van der Waals surface area contributed by atoms with E-state index in [1.54, 1.807) is 12.1 Å². The van der Waals surface area contributed by atoms with Gasteiger partial charge in [-0.2, -0.15) is 0 Å². The molecule has 2 rings (SSSR count). The van der Waals surface area contributed by atoms with Gasteiger partial charge in [0.25, 0.3) is 0 Å². The maximum absolute atomic E-state index is 11.5. The quantitative estimate of drug-likeness (QED) is 0.651. The zero-order valence-corrected chi connectivity index (χ0v) is 10.6. The van der Waals surface area contributed by atoms with Crippen LogP contribution in [0.5, 0.6) is 0 Å². The summed E-state index contributed by atoms with van der Waals surface area (Å²) in [6.07, 6.45) is 0.489. The van der Waals surface area contributed by atoms with E-state index in [-0.39, 0.29) is 12.2 Å². The molecule has 1 heterocycles. The van der Waals surface area contributed by atoms with Gasteiger partial charge in [-0.25, -0.2) is 4.79 Å². The van der Waals surface area contributed by atoms with Crippen LogP contribution in [0, 0.1) is 0 Å². The van der Waals surface area contributed by atoms with Crippen molar-refractivity contribution >= 4 is 22.9 Å². The van der Waals surface area contributed by atoms with Gasteiger partial charge in [-0.15, -0.1) is 0 Å². The molecule has 1 aromatic carbocycles. The van der Waals surface area contributed by atoms with Crippen molar-refractivity contribution in [2.75, 3.05) is 24.6 Å². The number of anilines is 1. The second-order valence-electron chi connectivity index (χ2n) is 4.13. The van der Waals surface area contributed by atoms with Crippen molar-refractivity contribution in [2.24, 2.45) is 0 Å². The third-order valence-electron chi connectivity index (χ3n) is 2.99. The number of carbonyl (C=O) groups is 1. The Labute approximate surface area is 110 Å². The van der Waals surface area contributed by atoms with Gasteiger partial charge < -0.3 is 14.4 Å². The number of hydrogen-bond donors (Lipinski definition) is 1. The van der Waals surface area contributed by atoms with Crippen molar-refractivity contribution < 1.29 is 14.3 Å². The number of aliphatic hydroxyl groups is 1. The van der Waals surface area contributed by atoms with Crippen LogP contribution in [0.4, 0.5) is 5.69 Å². The van der Waals surface area contributed by atoms with E-state index in [9.17, 15) is 9.59 Å². The van der Waals surface area contributed by atoms with E-state index in [4.69, 9.17) is 9.52 Å². The van der Waals surface area contributed by atoms with Crippen LogP contribution in [0.15, 0.2) is 33.5 Å². The highest BCUT2D eigenvalue weighted by molar-refractivity contribution is 5.86. The fourth-order valence-electron chi connectivity index (χ4n) is 1.99. The van der Waals surface area contributed by atoms with Crippen molar-refractivity contribution in [3.63, 3.8) is 0 Å². The van der Waals surface area contributed by atoms with Crippen molar-refractivity contribution in [1.29, 1.82) is 0 Å². The Hall–Kier alpha value is -2.14. The summed E-state index contributed by atoms with van der Waals surface area (Å²) in [5, 5.41) is 9.70. The summed E-state index contributed by atoms with van der Waals surface area (Å²) in [6.45, 7) is 3.28. The molecule has 0 atom stereocenters. The lowest BCUT2D eigenvalue weighted by molar-refractivity contribution is 0.112. The highest BCUT2D eigenvalue weighted by Gasteiger charge is 2.08. The molecule has 0 fully saturated rings. The first kappa shape index (κ1) is 13.3. The zero-order chi connectivity index (χ0) is 13.8. The monoisotopic (exact) mass is 261 g/mol. The number of aldehydes is 1. The molecular weight excluding hydrogens is 246 g/mol. The Bertz CT molecular complexity index is 647. The molecule has 0 aliphatic heterocycles. The lowest BCUT2D eigenvalue weighted by Gasteiger charge is -2.21. The normalized spacial score (nSPS) is 10.6. The Balaban J connectivity index is 2.51. The molecule has 19 heavy (non-hydrogen) atoms. The van der Waals surface area contributed by atoms with E-state index >= 15 is 0 Å². The van der Waals surface area contributed by atoms with Crippen LogP contribution in [0.1, 0.15) is 17.3 Å². The van der Waals surface area contributed by atoms with Crippen LogP contribution in [0.2, 0.25) is 0 Å². The number of rotatable bonds is 5. The van der Waals surface area contributed by atoms with Crippen LogP contribution >= 0.6 is 0 Å². The predicted molar refractivity (Wildman–Crippen MR) is 72.8 cm³/mol. The SMILES string of the molecule is CCN(CCO)c1ccc2cc(C=O)c(=O)oc2c1. The molecule has 2 aromatic rings. The maximum atomic E-state index is 11.5. The number of benzene rings is 1. The van der Waals surface area contributed by atoms with E-state index in [2.05, 4.69) is 0 Å². The molecule has 1 aromatic heterocycles. The molecular formula is C14H15NO4. The van der Waals surface area contributed by atoms with E-state index in [1.807, 2.05) is 17.9 Å². The zero-order valence-electron chi connectivity index (χ0n) is 10.6. The number of carbonyl (C=O) groups excluding carboxylic acids is 1. The number of likely N-dealkylation sites (N-methyl/N-ethyl adjacent to an activating group) is 1. The summed E-state index contributed by atoms with van der Waals surface area (Å²) in [7, 11) is 0. The average molecular weight is 261 g/mol. The average Bonchev–Trinajstić information content (AvgIpc) is 2.43. The highest BCUT2D eigenvalue weighted by atomic mass is 16.4.